The van der Waals surface area contributed by atoms with Crippen molar-refractivity contribution in [1.82, 2.24) is 4.90 Å². The van der Waals surface area contributed by atoms with Crippen molar-refractivity contribution in [2.45, 2.75) is 154 Å². The number of hydrogen-bond acceptors (Lipinski definition) is 13. The summed E-state index contributed by atoms with van der Waals surface area (Å²) in [5.41, 5.74) is -1.10. The monoisotopic (exact) mass is 687 g/mol. The van der Waals surface area contributed by atoms with Crippen LogP contribution in [0.4, 0.5) is 0 Å². The molecule has 3 N–H and O–H groups in total. The van der Waals surface area contributed by atoms with E-state index in [-0.39, 0.29) is 43.3 Å². The number of hydrogen-bond donors (Lipinski definition) is 3. The number of cyclic esters (lactones) is 1. The van der Waals surface area contributed by atoms with Gasteiger partial charge in [-0.25, -0.2) is 0 Å². The number of epoxide rings is 1. The van der Waals surface area contributed by atoms with Gasteiger partial charge >= 0.3 is 5.97 Å². The van der Waals surface area contributed by atoms with E-state index in [0.29, 0.717) is 6.42 Å². The first kappa shape index (κ1) is 39.5. The number of ketones is 1. The maximum absolute atomic E-state index is 13.9. The molecule has 1 spiro atoms. The second-order valence-electron chi connectivity index (χ2n) is 15.3. The molecule has 18 atom stereocenters. The lowest BCUT2D eigenvalue weighted by molar-refractivity contribution is -0.299. The lowest BCUT2D eigenvalue weighted by atomic mass is 9.76. The number of nitrogens with zero attached hydrogens (tertiary/aromatic N) is 1. The normalized spacial score (nSPS) is 49.9. The van der Waals surface area contributed by atoms with Crippen LogP contribution in [0.5, 0.6) is 0 Å². The van der Waals surface area contributed by atoms with Crippen LogP contribution in [-0.4, -0.2) is 139 Å². The van der Waals surface area contributed by atoms with Crippen LogP contribution in [0.15, 0.2) is 0 Å². The van der Waals surface area contributed by atoms with Gasteiger partial charge in [0.15, 0.2) is 24.0 Å². The van der Waals surface area contributed by atoms with Gasteiger partial charge in [-0.3, -0.25) is 9.59 Å². The van der Waals surface area contributed by atoms with Crippen molar-refractivity contribution in [1.29, 1.82) is 0 Å². The maximum Gasteiger partial charge on any atom is 0.311 e. The Morgan fingerprint density at radius 2 is 1.44 bits per heavy atom. The van der Waals surface area contributed by atoms with Crippen LogP contribution in [0.2, 0.25) is 0 Å². The molecule has 13 nitrogen and oxygen atoms in total. The molecule has 13 heteroatoms. The molecule has 4 heterocycles. The predicted molar refractivity (Wildman–Crippen MR) is 174 cm³/mol. The average Bonchev–Trinajstić information content (AvgIpc) is 3.82. The molecule has 4 fully saturated rings. The summed E-state index contributed by atoms with van der Waals surface area (Å²) in [7, 11) is 5.32. The van der Waals surface area contributed by atoms with Gasteiger partial charge in [0, 0.05) is 37.3 Å². The van der Waals surface area contributed by atoms with Crippen LogP contribution in [0, 0.1) is 29.6 Å². The van der Waals surface area contributed by atoms with E-state index in [9.17, 15) is 24.9 Å². The standard InChI is InChI=1S/C35H61NO12/c1-16-14-35(15-43-35)32(40)19(4)27(37)18(3)22(7)46-33(41)21(6)31(47-26-13-25(42-11)28(38)23(8)45-26)20(5)30(16)48-34-29(39)24(36(9)10)12-17(2)44-34/h16-31,34,37-39H,12-15H2,1-11H3/t16-,17?,18-,19+,20?,21+,22+,23?,24-,25+,26?,27-,28+,29+,30-,31-,34?,35+/m0/s1. The third-order valence-corrected chi connectivity index (χ3v) is 11.4. The van der Waals surface area contributed by atoms with Crippen molar-refractivity contribution in [2.24, 2.45) is 29.6 Å². The molecule has 0 aromatic heterocycles. The predicted octanol–water partition coefficient (Wildman–Crippen LogP) is 1.91. The number of ether oxygens (including phenoxy) is 7. The minimum absolute atomic E-state index is 0.198. The van der Waals surface area contributed by atoms with Gasteiger partial charge in [-0.1, -0.05) is 27.7 Å². The zero-order chi connectivity index (χ0) is 35.8. The Balaban J connectivity index is 1.75. The fourth-order valence-corrected chi connectivity index (χ4v) is 7.89. The number of aliphatic hydroxyl groups excluding tert-OH is 3. The molecule has 4 aliphatic rings. The van der Waals surface area contributed by atoms with Gasteiger partial charge in [-0.05, 0) is 60.5 Å². The summed E-state index contributed by atoms with van der Waals surface area (Å²) in [4.78, 5) is 29.7. The van der Waals surface area contributed by atoms with Gasteiger partial charge in [0.05, 0.1) is 49.1 Å². The fourth-order valence-electron chi connectivity index (χ4n) is 7.89. The Morgan fingerprint density at radius 3 is 2.02 bits per heavy atom. The second kappa shape index (κ2) is 16.0. The van der Waals surface area contributed by atoms with Crippen molar-refractivity contribution in [3.05, 3.63) is 0 Å². The minimum Gasteiger partial charge on any atom is -0.462 e. The molecule has 0 bridgehead atoms. The van der Waals surface area contributed by atoms with Crippen LogP contribution in [-0.2, 0) is 42.7 Å². The van der Waals surface area contributed by atoms with Crippen LogP contribution in [0.25, 0.3) is 0 Å². The Hall–Kier alpha value is -1.26. The van der Waals surface area contributed by atoms with Crippen LogP contribution >= 0.6 is 0 Å². The van der Waals surface area contributed by atoms with E-state index in [4.69, 9.17) is 33.2 Å². The van der Waals surface area contributed by atoms with E-state index in [1.807, 2.05) is 39.8 Å². The molecule has 4 rings (SSSR count). The Bertz CT molecular complexity index is 1090. The van der Waals surface area contributed by atoms with Gasteiger partial charge < -0.3 is 53.4 Å². The molecule has 4 saturated heterocycles. The Kier molecular flexibility index (Phi) is 13.1. The van der Waals surface area contributed by atoms with E-state index in [0.717, 1.165) is 0 Å². The zero-order valence-electron chi connectivity index (χ0n) is 30.6. The van der Waals surface area contributed by atoms with Gasteiger partial charge in [0.2, 0.25) is 0 Å². The first-order valence-corrected chi connectivity index (χ1v) is 17.7. The fraction of sp³-hybridized carbons (Fsp3) is 0.943. The molecule has 0 amide bonds. The number of aliphatic hydroxyl groups is 3. The summed E-state index contributed by atoms with van der Waals surface area (Å²) >= 11 is 0. The zero-order valence-corrected chi connectivity index (χ0v) is 30.6. The summed E-state index contributed by atoms with van der Waals surface area (Å²) in [6.45, 7) is 14.6. The molecule has 278 valence electrons. The van der Waals surface area contributed by atoms with Crippen LogP contribution in [0.1, 0.15) is 74.7 Å². The van der Waals surface area contributed by atoms with Gasteiger partial charge in [-0.2, -0.15) is 0 Å². The summed E-state index contributed by atoms with van der Waals surface area (Å²) in [5.74, 6) is -3.74. The topological polar surface area (TPSA) is 166 Å². The molecule has 0 aromatic carbocycles. The third kappa shape index (κ3) is 8.43. The quantitative estimate of drug-likeness (QED) is 0.274. The van der Waals surface area contributed by atoms with E-state index < -0.39 is 96.7 Å². The summed E-state index contributed by atoms with van der Waals surface area (Å²) in [6.07, 6.45) is -7.15. The minimum atomic E-state index is -1.10. The molecule has 48 heavy (non-hydrogen) atoms. The number of carbonyl (C=O) groups excluding carboxylic acids is 2. The van der Waals surface area contributed by atoms with E-state index in [2.05, 4.69) is 0 Å². The smallest absolute Gasteiger partial charge is 0.311 e. The molecule has 0 saturated carbocycles. The molecule has 5 unspecified atom stereocenters. The Morgan fingerprint density at radius 1 is 0.792 bits per heavy atom. The molecular formula is C35H61NO12. The number of rotatable bonds is 6. The number of likely N-dealkylation sites (N-methyl/N-ethyl adjacent to an activating group) is 1. The van der Waals surface area contributed by atoms with Gasteiger partial charge in [0.1, 0.15) is 18.3 Å². The molecule has 0 aromatic rings. The number of methoxy groups -OCH3 is 1. The van der Waals surface area contributed by atoms with Gasteiger partial charge in [0.25, 0.3) is 0 Å². The number of Topliss-reactive ketones (excluding diaryl/α,β-unsaturated/α-hetero) is 1. The summed E-state index contributed by atoms with van der Waals surface area (Å²) in [5, 5.41) is 33.3. The third-order valence-electron chi connectivity index (χ3n) is 11.4. The first-order chi connectivity index (χ1) is 22.4. The van der Waals surface area contributed by atoms with Gasteiger partial charge in [-0.15, -0.1) is 0 Å². The molecular weight excluding hydrogens is 626 g/mol. The number of esters is 1. The largest absolute Gasteiger partial charge is 0.462 e. The lowest BCUT2D eigenvalue weighted by Crippen LogP contribution is -2.57. The molecule has 4 aliphatic heterocycles. The maximum atomic E-state index is 13.9. The first-order valence-electron chi connectivity index (χ1n) is 17.7. The van der Waals surface area contributed by atoms with Crippen molar-refractivity contribution in [3.8, 4) is 0 Å². The van der Waals surface area contributed by atoms with Crippen molar-refractivity contribution >= 4 is 11.8 Å². The van der Waals surface area contributed by atoms with E-state index >= 15 is 0 Å². The SMILES string of the molecule is CO[C@@H]1CC(O[C@H]2C(C)[C@@H](OC3OC(C)C[C@H](N(C)C)[C@H]3O)[C@@H](C)C[C@@]3(CO3)C(=O)[C@H](C)[C@@H](O)[C@@H](C)[C@@H](C)OC(=O)[C@@H]2C)OC(C)[C@H]1O. The highest BCUT2D eigenvalue weighted by Crippen LogP contribution is 2.43. The summed E-state index contributed by atoms with van der Waals surface area (Å²) in [6, 6.07) is -0.219. The van der Waals surface area contributed by atoms with E-state index in [1.54, 1.807) is 34.6 Å². The average molecular weight is 688 g/mol. The highest BCUT2D eigenvalue weighted by atomic mass is 16.7. The van der Waals surface area contributed by atoms with Crippen molar-refractivity contribution < 1.29 is 58.1 Å². The van der Waals surface area contributed by atoms with Crippen molar-refractivity contribution in [3.63, 3.8) is 0 Å². The highest BCUT2D eigenvalue weighted by molar-refractivity contribution is 5.92. The van der Waals surface area contributed by atoms with Crippen LogP contribution < -0.4 is 0 Å². The number of carbonyl (C=O) groups is 2. The highest BCUT2D eigenvalue weighted by Gasteiger charge is 2.57. The Labute approximate surface area is 285 Å². The van der Waals surface area contributed by atoms with E-state index in [1.165, 1.54) is 7.11 Å². The molecule has 0 aliphatic carbocycles. The summed E-state index contributed by atoms with van der Waals surface area (Å²) < 4.78 is 43.0. The van der Waals surface area contributed by atoms with Crippen molar-refractivity contribution in [2.75, 3.05) is 27.8 Å². The lowest BCUT2D eigenvalue weighted by Gasteiger charge is -2.46. The molecule has 0 radical (unpaired) electrons. The van der Waals surface area contributed by atoms with Crippen LogP contribution in [0.3, 0.4) is 0 Å². The second-order valence-corrected chi connectivity index (χ2v) is 15.3.